The number of rotatable bonds is 2. The highest BCUT2D eigenvalue weighted by Gasteiger charge is 2.52. The number of amides is 2. The van der Waals surface area contributed by atoms with E-state index in [-0.39, 0.29) is 23.7 Å². The molecule has 0 aromatic heterocycles. The van der Waals surface area contributed by atoms with Gasteiger partial charge < -0.3 is 19.7 Å². The molecule has 6 aliphatic rings. The normalized spacial score (nSPS) is 38.4. The lowest BCUT2D eigenvalue weighted by Crippen LogP contribution is -2.61. The number of hydrogen-bond acceptors (Lipinski definition) is 4. The third-order valence-electron chi connectivity index (χ3n) is 7.24. The van der Waals surface area contributed by atoms with Crippen molar-refractivity contribution in [1.29, 1.82) is 0 Å². The van der Waals surface area contributed by atoms with E-state index in [4.69, 9.17) is 9.47 Å². The van der Waals surface area contributed by atoms with Crippen LogP contribution in [-0.4, -0.2) is 35.6 Å². The Morgan fingerprint density at radius 1 is 1.07 bits per heavy atom. The Bertz CT molecular complexity index is 747. The van der Waals surface area contributed by atoms with Crippen LogP contribution in [0.4, 0.5) is 4.79 Å². The van der Waals surface area contributed by atoms with Gasteiger partial charge in [-0.15, -0.1) is 11.8 Å². The van der Waals surface area contributed by atoms with Crippen molar-refractivity contribution < 1.29 is 14.3 Å². The van der Waals surface area contributed by atoms with E-state index in [9.17, 15) is 4.79 Å². The zero-order valence-electron chi connectivity index (χ0n) is 15.5. The van der Waals surface area contributed by atoms with Gasteiger partial charge in [-0.2, -0.15) is 0 Å². The lowest BCUT2D eigenvalue weighted by molar-refractivity contribution is -0.0156. The van der Waals surface area contributed by atoms with Crippen molar-refractivity contribution in [3.05, 3.63) is 23.8 Å². The number of nitrogens with zero attached hydrogens (tertiary/aromatic N) is 1. The van der Waals surface area contributed by atoms with Crippen molar-refractivity contribution in [3.63, 3.8) is 0 Å². The summed E-state index contributed by atoms with van der Waals surface area (Å²) < 4.78 is 11.0. The SMILES string of the molecule is O=C(NC12CC3CC(CC(C3)C1)C2)N1CCSC1c1ccc2c(c1)OCO2. The van der Waals surface area contributed by atoms with Crippen LogP contribution in [0.3, 0.4) is 0 Å². The van der Waals surface area contributed by atoms with Gasteiger partial charge in [0.1, 0.15) is 5.37 Å². The molecule has 5 nitrogen and oxygen atoms in total. The number of urea groups is 1. The summed E-state index contributed by atoms with van der Waals surface area (Å²) >= 11 is 1.84. The minimum absolute atomic E-state index is 0.0633. The van der Waals surface area contributed by atoms with Gasteiger partial charge in [-0.25, -0.2) is 4.79 Å². The monoisotopic (exact) mass is 386 g/mol. The zero-order chi connectivity index (χ0) is 18.0. The molecule has 1 unspecified atom stereocenters. The van der Waals surface area contributed by atoms with Crippen LogP contribution in [-0.2, 0) is 0 Å². The molecule has 7 rings (SSSR count). The first kappa shape index (κ1) is 16.4. The number of thioether (sulfide) groups is 1. The lowest BCUT2D eigenvalue weighted by Gasteiger charge is -2.57. The van der Waals surface area contributed by atoms with Crippen LogP contribution >= 0.6 is 11.8 Å². The minimum atomic E-state index is 0.0633. The number of carbonyl (C=O) groups is 1. The number of benzene rings is 1. The Labute approximate surface area is 164 Å². The van der Waals surface area contributed by atoms with E-state index in [0.717, 1.165) is 47.1 Å². The molecule has 27 heavy (non-hydrogen) atoms. The Kier molecular flexibility index (Phi) is 3.62. The van der Waals surface area contributed by atoms with Gasteiger partial charge in [0, 0.05) is 17.8 Å². The first-order chi connectivity index (χ1) is 13.2. The van der Waals surface area contributed by atoms with Crippen LogP contribution in [0.15, 0.2) is 18.2 Å². The molecule has 0 spiro atoms. The summed E-state index contributed by atoms with van der Waals surface area (Å²) in [5.74, 6) is 5.10. The molecule has 1 atom stereocenters. The van der Waals surface area contributed by atoms with E-state index in [2.05, 4.69) is 11.4 Å². The highest BCUT2D eigenvalue weighted by Crippen LogP contribution is 2.55. The van der Waals surface area contributed by atoms with Crippen LogP contribution in [0, 0.1) is 17.8 Å². The van der Waals surface area contributed by atoms with Crippen molar-refractivity contribution >= 4 is 17.8 Å². The summed E-state index contributed by atoms with van der Waals surface area (Å²) in [7, 11) is 0. The van der Waals surface area contributed by atoms with Crippen molar-refractivity contribution in [2.45, 2.75) is 49.4 Å². The van der Waals surface area contributed by atoms with E-state index in [1.54, 1.807) is 0 Å². The maximum atomic E-state index is 13.3. The molecule has 6 heteroatoms. The Morgan fingerprint density at radius 2 is 1.78 bits per heavy atom. The van der Waals surface area contributed by atoms with Gasteiger partial charge in [0.15, 0.2) is 11.5 Å². The zero-order valence-corrected chi connectivity index (χ0v) is 16.3. The van der Waals surface area contributed by atoms with Gasteiger partial charge in [-0.1, -0.05) is 6.07 Å². The van der Waals surface area contributed by atoms with Crippen molar-refractivity contribution in [2.24, 2.45) is 17.8 Å². The standard InChI is InChI=1S/C21H26N2O3S/c24-20(22-21-9-13-5-14(10-21)7-15(6-13)11-21)23-3-4-27-19(23)16-1-2-17-18(8-16)26-12-25-17/h1-2,8,13-15,19H,3-7,9-12H2,(H,22,24). The number of hydrogen-bond donors (Lipinski definition) is 1. The number of nitrogens with one attached hydrogen (secondary N) is 1. The van der Waals surface area contributed by atoms with Crippen molar-refractivity contribution in [2.75, 3.05) is 19.1 Å². The third-order valence-corrected chi connectivity index (χ3v) is 8.50. The second-order valence-corrected chi connectivity index (χ2v) is 10.3. The van der Waals surface area contributed by atoms with Gasteiger partial charge in [0.2, 0.25) is 6.79 Å². The fraction of sp³-hybridized carbons (Fsp3) is 0.667. The summed E-state index contributed by atoms with van der Waals surface area (Å²) in [6.45, 7) is 1.09. The molecule has 1 N–H and O–H groups in total. The first-order valence-electron chi connectivity index (χ1n) is 10.3. The Morgan fingerprint density at radius 3 is 2.52 bits per heavy atom. The minimum Gasteiger partial charge on any atom is -0.454 e. The number of carbonyl (C=O) groups excluding carboxylic acids is 1. The molecular formula is C21H26N2O3S. The van der Waals surface area contributed by atoms with Crippen LogP contribution in [0.5, 0.6) is 11.5 Å². The van der Waals surface area contributed by atoms with Gasteiger partial charge in [-0.05, 0) is 74.0 Å². The largest absolute Gasteiger partial charge is 0.454 e. The summed E-state index contributed by atoms with van der Waals surface area (Å²) in [5.41, 5.74) is 1.20. The van der Waals surface area contributed by atoms with E-state index < -0.39 is 0 Å². The van der Waals surface area contributed by atoms with Crippen LogP contribution in [0.1, 0.15) is 49.5 Å². The molecule has 4 bridgehead atoms. The van der Waals surface area contributed by atoms with Gasteiger partial charge in [-0.3, -0.25) is 0 Å². The molecule has 2 heterocycles. The molecule has 2 amide bonds. The summed E-state index contributed by atoms with van der Waals surface area (Å²) in [5, 5.41) is 3.60. The summed E-state index contributed by atoms with van der Waals surface area (Å²) in [4.78, 5) is 15.3. The molecule has 1 aromatic rings. The molecule has 2 aliphatic heterocycles. The highest BCUT2D eigenvalue weighted by molar-refractivity contribution is 7.99. The van der Waals surface area contributed by atoms with Gasteiger partial charge in [0.25, 0.3) is 0 Å². The second-order valence-electron chi connectivity index (χ2n) is 9.16. The molecule has 1 aromatic carbocycles. The highest BCUT2D eigenvalue weighted by atomic mass is 32.2. The van der Waals surface area contributed by atoms with E-state index in [1.165, 1.54) is 38.5 Å². The maximum absolute atomic E-state index is 13.3. The van der Waals surface area contributed by atoms with Crippen LogP contribution in [0.25, 0.3) is 0 Å². The molecule has 5 fully saturated rings. The average Bonchev–Trinajstić information content (AvgIpc) is 3.28. The molecular weight excluding hydrogens is 360 g/mol. The average molecular weight is 387 g/mol. The first-order valence-corrected chi connectivity index (χ1v) is 11.3. The topological polar surface area (TPSA) is 50.8 Å². The van der Waals surface area contributed by atoms with Gasteiger partial charge in [0.05, 0.1) is 0 Å². The molecule has 4 saturated carbocycles. The maximum Gasteiger partial charge on any atom is 0.319 e. The van der Waals surface area contributed by atoms with E-state index >= 15 is 0 Å². The fourth-order valence-electron chi connectivity index (χ4n) is 6.58. The van der Waals surface area contributed by atoms with Crippen molar-refractivity contribution in [1.82, 2.24) is 10.2 Å². The van der Waals surface area contributed by atoms with E-state index in [0.29, 0.717) is 0 Å². The van der Waals surface area contributed by atoms with Crippen LogP contribution < -0.4 is 14.8 Å². The second kappa shape index (κ2) is 5.97. The molecule has 4 aliphatic carbocycles. The fourth-order valence-corrected chi connectivity index (χ4v) is 7.83. The smallest absolute Gasteiger partial charge is 0.319 e. The van der Waals surface area contributed by atoms with E-state index in [1.807, 2.05) is 28.8 Å². The van der Waals surface area contributed by atoms with Gasteiger partial charge >= 0.3 is 6.03 Å². The Balaban J connectivity index is 1.21. The molecule has 1 saturated heterocycles. The van der Waals surface area contributed by atoms with Crippen molar-refractivity contribution in [3.8, 4) is 11.5 Å². The molecule has 144 valence electrons. The summed E-state index contributed by atoms with van der Waals surface area (Å²) in [6.07, 6.45) is 7.78. The predicted molar refractivity (Wildman–Crippen MR) is 104 cm³/mol. The molecule has 0 radical (unpaired) electrons. The lowest BCUT2D eigenvalue weighted by atomic mass is 9.53. The Hall–Kier alpha value is -1.56. The predicted octanol–water partition coefficient (Wildman–Crippen LogP) is 4.14. The number of ether oxygens (including phenoxy) is 2. The van der Waals surface area contributed by atoms with Crippen LogP contribution in [0.2, 0.25) is 0 Å². The quantitative estimate of drug-likeness (QED) is 0.830. The summed E-state index contributed by atoms with van der Waals surface area (Å²) in [6, 6.07) is 6.20. The number of fused-ring (bicyclic) bond motifs is 1. The third kappa shape index (κ3) is 2.71.